The van der Waals surface area contributed by atoms with E-state index in [1.807, 2.05) is 12.1 Å². The summed E-state index contributed by atoms with van der Waals surface area (Å²) in [6, 6.07) is 13.0. The Morgan fingerprint density at radius 3 is 1.87 bits per heavy atom. The quantitative estimate of drug-likeness (QED) is 0.489. The van der Waals surface area contributed by atoms with Gasteiger partial charge in [0.25, 0.3) is 0 Å². The van der Waals surface area contributed by atoms with Gasteiger partial charge < -0.3 is 19.3 Å². The van der Waals surface area contributed by atoms with Gasteiger partial charge in [-0.3, -0.25) is 0 Å². The Kier molecular flexibility index (Phi) is 11.9. The SMILES string of the molecule is CN(CCCC1(c2ccc(F)cc2)OCCO1)CCN(C)Cc1ccc(F)cc1.Cl.Cl. The predicted molar refractivity (Wildman–Crippen MR) is 124 cm³/mol. The number of benzene rings is 2. The van der Waals surface area contributed by atoms with Crippen molar-refractivity contribution in [2.45, 2.75) is 25.2 Å². The first-order valence-electron chi connectivity index (χ1n) is 10.1. The maximum Gasteiger partial charge on any atom is 0.195 e. The van der Waals surface area contributed by atoms with Crippen molar-refractivity contribution in [1.29, 1.82) is 0 Å². The molecule has 1 aliphatic rings. The molecule has 0 saturated carbocycles. The number of hydrogen-bond acceptors (Lipinski definition) is 4. The van der Waals surface area contributed by atoms with Crippen molar-refractivity contribution in [3.05, 3.63) is 71.3 Å². The van der Waals surface area contributed by atoms with Crippen molar-refractivity contribution in [3.8, 4) is 0 Å². The second kappa shape index (κ2) is 13.3. The van der Waals surface area contributed by atoms with E-state index in [1.165, 1.54) is 24.3 Å². The third kappa shape index (κ3) is 8.29. The lowest BCUT2D eigenvalue weighted by molar-refractivity contribution is -0.172. The number of halogens is 4. The van der Waals surface area contributed by atoms with Crippen LogP contribution in [-0.2, 0) is 21.8 Å². The Morgan fingerprint density at radius 2 is 1.29 bits per heavy atom. The minimum Gasteiger partial charge on any atom is -0.343 e. The van der Waals surface area contributed by atoms with E-state index < -0.39 is 5.79 Å². The van der Waals surface area contributed by atoms with Crippen LogP contribution < -0.4 is 0 Å². The van der Waals surface area contributed by atoms with Gasteiger partial charge in [0.15, 0.2) is 5.79 Å². The molecule has 1 fully saturated rings. The molecule has 3 rings (SSSR count). The minimum absolute atomic E-state index is 0. The Hall–Kier alpha value is -1.28. The number of ether oxygens (including phenoxy) is 2. The molecule has 2 aromatic rings. The van der Waals surface area contributed by atoms with Crippen LogP contribution in [0.15, 0.2) is 48.5 Å². The lowest BCUT2D eigenvalue weighted by atomic mass is 10.0. The molecule has 0 aromatic heterocycles. The van der Waals surface area contributed by atoms with E-state index in [4.69, 9.17) is 9.47 Å². The summed E-state index contributed by atoms with van der Waals surface area (Å²) in [6.45, 7) is 4.68. The van der Waals surface area contributed by atoms with Gasteiger partial charge in [0.05, 0.1) is 13.2 Å². The highest BCUT2D eigenvalue weighted by Gasteiger charge is 2.38. The van der Waals surface area contributed by atoms with Crippen LogP contribution in [0, 0.1) is 11.6 Å². The Balaban J connectivity index is 0.00000240. The van der Waals surface area contributed by atoms with Gasteiger partial charge in [-0.15, -0.1) is 24.8 Å². The van der Waals surface area contributed by atoms with Gasteiger partial charge in [-0.2, -0.15) is 0 Å². The minimum atomic E-state index is -0.756. The lowest BCUT2D eigenvalue weighted by Crippen LogP contribution is -2.33. The zero-order valence-corrected chi connectivity index (χ0v) is 19.7. The number of likely N-dealkylation sites (N-methyl/N-ethyl adjacent to an activating group) is 2. The van der Waals surface area contributed by atoms with Crippen LogP contribution in [0.5, 0.6) is 0 Å². The summed E-state index contributed by atoms with van der Waals surface area (Å²) >= 11 is 0. The molecule has 0 bridgehead atoms. The molecule has 0 N–H and O–H groups in total. The fourth-order valence-electron chi connectivity index (χ4n) is 3.63. The van der Waals surface area contributed by atoms with Gasteiger partial charge in [0, 0.05) is 31.6 Å². The third-order valence-electron chi connectivity index (χ3n) is 5.31. The van der Waals surface area contributed by atoms with E-state index in [2.05, 4.69) is 23.9 Å². The van der Waals surface area contributed by atoms with Crippen LogP contribution in [0.2, 0.25) is 0 Å². The van der Waals surface area contributed by atoms with Crippen LogP contribution in [0.3, 0.4) is 0 Å². The summed E-state index contributed by atoms with van der Waals surface area (Å²) < 4.78 is 38.1. The Bertz CT molecular complexity index is 757. The summed E-state index contributed by atoms with van der Waals surface area (Å²) in [5.74, 6) is -1.22. The third-order valence-corrected chi connectivity index (χ3v) is 5.31. The highest BCUT2D eigenvalue weighted by atomic mass is 35.5. The van der Waals surface area contributed by atoms with Crippen molar-refractivity contribution in [3.63, 3.8) is 0 Å². The van der Waals surface area contributed by atoms with Crippen molar-refractivity contribution >= 4 is 24.8 Å². The molecule has 31 heavy (non-hydrogen) atoms. The standard InChI is InChI=1S/C23H30F2N2O2.2ClH/c1-26(14-15-27(2)18-19-4-8-21(24)9-5-19)13-3-12-23(28-16-17-29-23)20-6-10-22(25)11-7-20;;/h4-11H,3,12-18H2,1-2H3;2*1H. The molecular formula is C23H32Cl2F2N2O2. The van der Waals surface area contributed by atoms with Gasteiger partial charge in [0.1, 0.15) is 11.6 Å². The summed E-state index contributed by atoms with van der Waals surface area (Å²) in [6.07, 6.45) is 1.64. The summed E-state index contributed by atoms with van der Waals surface area (Å²) in [4.78, 5) is 4.52. The van der Waals surface area contributed by atoms with Gasteiger partial charge in [-0.05, 0) is 56.9 Å². The molecule has 0 unspecified atom stereocenters. The zero-order valence-electron chi connectivity index (χ0n) is 18.1. The van der Waals surface area contributed by atoms with Crippen molar-refractivity contribution < 1.29 is 18.3 Å². The number of rotatable bonds is 10. The molecule has 0 radical (unpaired) electrons. The van der Waals surface area contributed by atoms with E-state index in [0.717, 1.165) is 50.1 Å². The van der Waals surface area contributed by atoms with E-state index in [-0.39, 0.29) is 36.4 Å². The molecule has 0 aliphatic carbocycles. The maximum absolute atomic E-state index is 13.3. The van der Waals surface area contributed by atoms with Crippen LogP contribution in [0.25, 0.3) is 0 Å². The topological polar surface area (TPSA) is 24.9 Å². The van der Waals surface area contributed by atoms with Gasteiger partial charge in [0.2, 0.25) is 0 Å². The van der Waals surface area contributed by atoms with Gasteiger partial charge >= 0.3 is 0 Å². The molecule has 0 spiro atoms. The summed E-state index contributed by atoms with van der Waals surface area (Å²) in [5.41, 5.74) is 1.98. The monoisotopic (exact) mass is 476 g/mol. The van der Waals surface area contributed by atoms with Crippen molar-refractivity contribution in [2.24, 2.45) is 0 Å². The number of nitrogens with zero attached hydrogens (tertiary/aromatic N) is 2. The average molecular weight is 477 g/mol. The highest BCUT2D eigenvalue weighted by molar-refractivity contribution is 5.85. The molecule has 1 saturated heterocycles. The van der Waals surface area contributed by atoms with Crippen molar-refractivity contribution in [2.75, 3.05) is 46.9 Å². The maximum atomic E-state index is 13.3. The molecule has 1 heterocycles. The first-order chi connectivity index (χ1) is 14.0. The van der Waals surface area contributed by atoms with E-state index in [9.17, 15) is 8.78 Å². The lowest BCUT2D eigenvalue weighted by Gasteiger charge is -2.29. The zero-order chi connectivity index (χ0) is 20.7. The smallest absolute Gasteiger partial charge is 0.195 e. The predicted octanol–water partition coefficient (Wildman–Crippen LogP) is 4.85. The molecule has 1 aliphatic heterocycles. The molecule has 4 nitrogen and oxygen atoms in total. The fourth-order valence-corrected chi connectivity index (χ4v) is 3.63. The first-order valence-corrected chi connectivity index (χ1v) is 10.1. The molecule has 0 amide bonds. The Labute approximate surface area is 196 Å². The summed E-state index contributed by atoms with van der Waals surface area (Å²) in [7, 11) is 4.17. The second-order valence-corrected chi connectivity index (χ2v) is 7.73. The van der Waals surface area contributed by atoms with E-state index in [1.54, 1.807) is 12.1 Å². The van der Waals surface area contributed by atoms with E-state index in [0.29, 0.717) is 13.2 Å². The van der Waals surface area contributed by atoms with Crippen molar-refractivity contribution in [1.82, 2.24) is 9.80 Å². The summed E-state index contributed by atoms with van der Waals surface area (Å²) in [5, 5.41) is 0. The second-order valence-electron chi connectivity index (χ2n) is 7.73. The molecular weight excluding hydrogens is 445 g/mol. The number of hydrogen-bond donors (Lipinski definition) is 0. The highest BCUT2D eigenvalue weighted by Crippen LogP contribution is 2.36. The molecule has 8 heteroatoms. The van der Waals surface area contributed by atoms with Gasteiger partial charge in [-0.1, -0.05) is 24.3 Å². The van der Waals surface area contributed by atoms with Crippen LogP contribution >= 0.6 is 24.8 Å². The largest absolute Gasteiger partial charge is 0.343 e. The molecule has 0 atom stereocenters. The van der Waals surface area contributed by atoms with Crippen LogP contribution in [0.1, 0.15) is 24.0 Å². The van der Waals surface area contributed by atoms with E-state index >= 15 is 0 Å². The average Bonchev–Trinajstić information content (AvgIpc) is 3.19. The van der Waals surface area contributed by atoms with Crippen LogP contribution in [-0.4, -0.2) is 56.7 Å². The molecule has 2 aromatic carbocycles. The first kappa shape index (κ1) is 27.8. The fraction of sp³-hybridized carbons (Fsp3) is 0.478. The van der Waals surface area contributed by atoms with Gasteiger partial charge in [-0.25, -0.2) is 8.78 Å². The Morgan fingerprint density at radius 1 is 0.774 bits per heavy atom. The van der Waals surface area contributed by atoms with Crippen LogP contribution in [0.4, 0.5) is 8.78 Å². The normalized spacial score (nSPS) is 15.0. The molecule has 174 valence electrons.